The molecule has 2 amide bonds. The zero-order valence-corrected chi connectivity index (χ0v) is 16.4. The summed E-state index contributed by atoms with van der Waals surface area (Å²) in [5.41, 5.74) is 3.37. The van der Waals surface area contributed by atoms with Gasteiger partial charge in [0, 0.05) is 44.8 Å². The number of anilines is 1. The highest BCUT2D eigenvalue weighted by Crippen LogP contribution is 2.32. The summed E-state index contributed by atoms with van der Waals surface area (Å²) in [5, 5.41) is 0. The van der Waals surface area contributed by atoms with Gasteiger partial charge in [-0.2, -0.15) is 0 Å². The maximum absolute atomic E-state index is 13.5. The van der Waals surface area contributed by atoms with E-state index in [-0.39, 0.29) is 11.8 Å². The average Bonchev–Trinajstić information content (AvgIpc) is 2.78. The molecule has 0 spiro atoms. The van der Waals surface area contributed by atoms with Gasteiger partial charge in [-0.05, 0) is 29.7 Å². The summed E-state index contributed by atoms with van der Waals surface area (Å²) < 4.78 is 0. The highest BCUT2D eigenvalue weighted by molar-refractivity contribution is 5.89. The Kier molecular flexibility index (Phi) is 5.33. The number of rotatable bonds is 3. The van der Waals surface area contributed by atoms with E-state index in [2.05, 4.69) is 23.1 Å². The van der Waals surface area contributed by atoms with Crippen LogP contribution in [0.25, 0.3) is 0 Å². The zero-order valence-electron chi connectivity index (χ0n) is 16.4. The first-order valence-corrected chi connectivity index (χ1v) is 10.1. The van der Waals surface area contributed by atoms with E-state index in [1.807, 2.05) is 48.2 Å². The normalized spacial score (nSPS) is 19.3. The molecule has 4 rings (SSSR count). The van der Waals surface area contributed by atoms with Gasteiger partial charge in [-0.3, -0.25) is 9.59 Å². The van der Waals surface area contributed by atoms with Gasteiger partial charge in [-0.15, -0.1) is 0 Å². The summed E-state index contributed by atoms with van der Waals surface area (Å²) in [7, 11) is 0. The lowest BCUT2D eigenvalue weighted by atomic mass is 9.91. The number of hydrogen-bond donors (Lipinski definition) is 0. The Hall–Kier alpha value is -2.82. The minimum absolute atomic E-state index is 0.0516. The predicted molar refractivity (Wildman–Crippen MR) is 110 cm³/mol. The molecule has 28 heavy (non-hydrogen) atoms. The molecule has 0 aliphatic carbocycles. The highest BCUT2D eigenvalue weighted by atomic mass is 16.2. The third-order valence-corrected chi connectivity index (χ3v) is 5.85. The molecule has 1 atom stereocenters. The van der Waals surface area contributed by atoms with Gasteiger partial charge < -0.3 is 14.7 Å². The van der Waals surface area contributed by atoms with Crippen molar-refractivity contribution in [1.82, 2.24) is 9.80 Å². The lowest BCUT2D eigenvalue weighted by molar-refractivity contribution is -0.147. The van der Waals surface area contributed by atoms with Crippen LogP contribution in [0.1, 0.15) is 30.5 Å². The summed E-state index contributed by atoms with van der Waals surface area (Å²) in [6.45, 7) is 5.46. The first-order valence-electron chi connectivity index (χ1n) is 10.1. The molecule has 0 unspecified atom stereocenters. The molecule has 1 fully saturated rings. The lowest BCUT2D eigenvalue weighted by Crippen LogP contribution is -2.54. The molecule has 5 heteroatoms. The van der Waals surface area contributed by atoms with Crippen LogP contribution < -0.4 is 4.90 Å². The quantitative estimate of drug-likeness (QED) is 0.826. The van der Waals surface area contributed by atoms with Gasteiger partial charge in [0.2, 0.25) is 11.8 Å². The summed E-state index contributed by atoms with van der Waals surface area (Å²) in [6, 6.07) is 17.9. The third-order valence-electron chi connectivity index (χ3n) is 5.85. The van der Waals surface area contributed by atoms with E-state index in [1.165, 1.54) is 11.3 Å². The van der Waals surface area contributed by atoms with E-state index in [0.29, 0.717) is 26.1 Å². The van der Waals surface area contributed by atoms with Crippen molar-refractivity contribution >= 4 is 17.5 Å². The monoisotopic (exact) mass is 377 g/mol. The van der Waals surface area contributed by atoms with Crippen molar-refractivity contribution in [3.05, 3.63) is 65.7 Å². The molecule has 0 bridgehead atoms. The second-order valence-electron chi connectivity index (χ2n) is 7.44. The fourth-order valence-corrected chi connectivity index (χ4v) is 4.30. The van der Waals surface area contributed by atoms with Crippen LogP contribution in [0.5, 0.6) is 0 Å². The van der Waals surface area contributed by atoms with Crippen molar-refractivity contribution in [2.45, 2.75) is 25.8 Å². The molecule has 5 nitrogen and oxygen atoms in total. The van der Waals surface area contributed by atoms with Crippen LogP contribution >= 0.6 is 0 Å². The minimum Gasteiger partial charge on any atom is -0.368 e. The summed E-state index contributed by atoms with van der Waals surface area (Å²) in [6.07, 6.45) is 1.24. The molecule has 2 aliphatic rings. The largest absolute Gasteiger partial charge is 0.368 e. The third kappa shape index (κ3) is 3.49. The Morgan fingerprint density at radius 3 is 2.29 bits per heavy atom. The van der Waals surface area contributed by atoms with Gasteiger partial charge in [0.25, 0.3) is 0 Å². The summed E-state index contributed by atoms with van der Waals surface area (Å²) in [5.74, 6) is 0.109. The van der Waals surface area contributed by atoms with Crippen molar-refractivity contribution in [1.29, 1.82) is 0 Å². The summed E-state index contributed by atoms with van der Waals surface area (Å²) >= 11 is 0. The zero-order chi connectivity index (χ0) is 19.5. The van der Waals surface area contributed by atoms with Gasteiger partial charge in [-0.25, -0.2) is 0 Å². The number of hydrogen-bond acceptors (Lipinski definition) is 3. The van der Waals surface area contributed by atoms with E-state index in [9.17, 15) is 9.59 Å². The Labute approximate surface area is 166 Å². The van der Waals surface area contributed by atoms with Gasteiger partial charge in [-0.1, -0.05) is 49.4 Å². The minimum atomic E-state index is -0.485. The fraction of sp³-hybridized carbons (Fsp3) is 0.391. The van der Waals surface area contributed by atoms with Crippen LogP contribution in [0, 0.1) is 0 Å². The molecule has 0 radical (unpaired) electrons. The number of amides is 2. The Morgan fingerprint density at radius 2 is 1.57 bits per heavy atom. The van der Waals surface area contributed by atoms with Crippen LogP contribution in [0.3, 0.4) is 0 Å². The van der Waals surface area contributed by atoms with Crippen molar-refractivity contribution < 1.29 is 9.59 Å². The van der Waals surface area contributed by atoms with Crippen molar-refractivity contribution in [3.63, 3.8) is 0 Å². The van der Waals surface area contributed by atoms with Crippen LogP contribution in [0.2, 0.25) is 0 Å². The van der Waals surface area contributed by atoms with E-state index in [0.717, 1.165) is 25.1 Å². The number of benzene rings is 2. The van der Waals surface area contributed by atoms with E-state index < -0.39 is 6.04 Å². The Morgan fingerprint density at radius 1 is 0.893 bits per heavy atom. The van der Waals surface area contributed by atoms with Gasteiger partial charge >= 0.3 is 0 Å². The molecule has 0 N–H and O–H groups in total. The predicted octanol–water partition coefficient (Wildman–Crippen LogP) is 2.87. The molecule has 1 saturated heterocycles. The number of carbonyl (C=O) groups is 2. The maximum Gasteiger partial charge on any atom is 0.250 e. The highest BCUT2D eigenvalue weighted by Gasteiger charge is 2.38. The van der Waals surface area contributed by atoms with Crippen LogP contribution in [-0.4, -0.2) is 54.3 Å². The molecule has 0 saturated carbocycles. The van der Waals surface area contributed by atoms with Gasteiger partial charge in [0.15, 0.2) is 0 Å². The number of para-hydroxylation sites is 1. The molecule has 2 heterocycles. The van der Waals surface area contributed by atoms with E-state index in [4.69, 9.17) is 0 Å². The first kappa shape index (κ1) is 18.5. The smallest absolute Gasteiger partial charge is 0.250 e. The van der Waals surface area contributed by atoms with Gasteiger partial charge in [0.1, 0.15) is 6.04 Å². The molecule has 2 aliphatic heterocycles. The molecule has 2 aromatic carbocycles. The number of carbonyl (C=O) groups excluding carboxylic acids is 2. The average molecular weight is 377 g/mol. The second-order valence-corrected chi connectivity index (χ2v) is 7.44. The topological polar surface area (TPSA) is 43.9 Å². The van der Waals surface area contributed by atoms with Crippen molar-refractivity contribution in [2.24, 2.45) is 0 Å². The molecule has 146 valence electrons. The standard InChI is InChI=1S/C23H27N3O2/c1-2-21(27)26-13-12-18-8-6-7-11-20(18)22(26)23(28)25-16-14-24(15-17-25)19-9-4-3-5-10-19/h3-11,22H,2,12-17H2,1H3/t22-/m1/s1. The summed E-state index contributed by atoms with van der Waals surface area (Å²) in [4.78, 5) is 32.1. The molecular formula is C23H27N3O2. The van der Waals surface area contributed by atoms with Crippen LogP contribution in [0.4, 0.5) is 5.69 Å². The van der Waals surface area contributed by atoms with Gasteiger partial charge in [0.05, 0.1) is 0 Å². The molecule has 0 aromatic heterocycles. The lowest BCUT2D eigenvalue weighted by Gasteiger charge is -2.42. The Bertz CT molecular complexity index is 844. The number of fused-ring (bicyclic) bond motifs is 1. The maximum atomic E-state index is 13.5. The van der Waals surface area contributed by atoms with Crippen molar-refractivity contribution in [2.75, 3.05) is 37.6 Å². The van der Waals surface area contributed by atoms with Crippen LogP contribution in [0.15, 0.2) is 54.6 Å². The van der Waals surface area contributed by atoms with Crippen molar-refractivity contribution in [3.8, 4) is 0 Å². The number of nitrogens with zero attached hydrogens (tertiary/aromatic N) is 3. The molecule has 2 aromatic rings. The second kappa shape index (κ2) is 8.05. The van der Waals surface area contributed by atoms with E-state index >= 15 is 0 Å². The Balaban J connectivity index is 1.53. The van der Waals surface area contributed by atoms with E-state index in [1.54, 1.807) is 4.90 Å². The fourth-order valence-electron chi connectivity index (χ4n) is 4.30. The van der Waals surface area contributed by atoms with Crippen LogP contribution in [-0.2, 0) is 16.0 Å². The number of piperazine rings is 1. The SMILES string of the molecule is CCC(=O)N1CCc2ccccc2[C@@H]1C(=O)N1CCN(c2ccccc2)CC1. The molecular weight excluding hydrogens is 350 g/mol. The first-order chi connectivity index (χ1) is 13.7.